The number of carbonyl (C=O) groups is 2. The van der Waals surface area contributed by atoms with Crippen LogP contribution >= 0.6 is 0 Å². The standard InChI is InChI=1S/C21H24O7S/c1-4-12-27-19-11-8-16(13-20(19)26-5-2)21(23)28-14-18(22)15-6-9-17(10-7-15)29(3,24)25/h6-11,13H,4-5,12,14H2,1-3H3. The Kier molecular flexibility index (Phi) is 7.78. The molecular weight excluding hydrogens is 396 g/mol. The zero-order valence-corrected chi connectivity index (χ0v) is 17.5. The van der Waals surface area contributed by atoms with Crippen LogP contribution in [0.5, 0.6) is 11.5 Å². The molecule has 0 radical (unpaired) electrons. The average molecular weight is 420 g/mol. The minimum atomic E-state index is -3.34. The van der Waals surface area contributed by atoms with Crippen molar-refractivity contribution >= 4 is 21.6 Å². The molecule has 0 amide bonds. The van der Waals surface area contributed by atoms with Crippen molar-refractivity contribution in [2.24, 2.45) is 0 Å². The quantitative estimate of drug-likeness (QED) is 0.430. The lowest BCUT2D eigenvalue weighted by molar-refractivity contribution is 0.0474. The third kappa shape index (κ3) is 6.32. The van der Waals surface area contributed by atoms with Crippen molar-refractivity contribution in [3.63, 3.8) is 0 Å². The van der Waals surface area contributed by atoms with Gasteiger partial charge in [-0.25, -0.2) is 13.2 Å². The third-order valence-electron chi connectivity index (χ3n) is 3.88. The molecule has 0 heterocycles. The first-order valence-corrected chi connectivity index (χ1v) is 11.1. The fourth-order valence-electron chi connectivity index (χ4n) is 2.42. The highest BCUT2D eigenvalue weighted by Gasteiger charge is 2.16. The van der Waals surface area contributed by atoms with Gasteiger partial charge in [-0.2, -0.15) is 0 Å². The van der Waals surface area contributed by atoms with E-state index in [1.165, 1.54) is 30.3 Å². The fourth-order valence-corrected chi connectivity index (χ4v) is 3.05. The first-order chi connectivity index (χ1) is 13.8. The number of sulfone groups is 1. The van der Waals surface area contributed by atoms with Crippen molar-refractivity contribution in [3.8, 4) is 11.5 Å². The van der Waals surface area contributed by atoms with Crippen molar-refractivity contribution in [1.29, 1.82) is 0 Å². The maximum atomic E-state index is 12.3. The van der Waals surface area contributed by atoms with Crippen LogP contribution in [0.1, 0.15) is 41.0 Å². The van der Waals surface area contributed by atoms with E-state index in [1.54, 1.807) is 12.1 Å². The van der Waals surface area contributed by atoms with Gasteiger partial charge in [0.05, 0.1) is 23.7 Å². The Morgan fingerprint density at radius 2 is 1.55 bits per heavy atom. The van der Waals surface area contributed by atoms with Gasteiger partial charge in [-0.05, 0) is 55.8 Å². The van der Waals surface area contributed by atoms with Gasteiger partial charge in [0.15, 0.2) is 33.7 Å². The van der Waals surface area contributed by atoms with Crippen LogP contribution in [0, 0.1) is 0 Å². The lowest BCUT2D eigenvalue weighted by atomic mass is 10.1. The summed E-state index contributed by atoms with van der Waals surface area (Å²) in [5.41, 5.74) is 0.487. The molecule has 0 aliphatic heterocycles. The van der Waals surface area contributed by atoms with Crippen LogP contribution in [0.3, 0.4) is 0 Å². The number of benzene rings is 2. The van der Waals surface area contributed by atoms with Crippen LogP contribution in [0.4, 0.5) is 0 Å². The van der Waals surface area contributed by atoms with Gasteiger partial charge in [0, 0.05) is 11.8 Å². The van der Waals surface area contributed by atoms with Gasteiger partial charge >= 0.3 is 5.97 Å². The Balaban J connectivity index is 2.04. The maximum absolute atomic E-state index is 12.3. The normalized spacial score (nSPS) is 11.0. The summed E-state index contributed by atoms with van der Waals surface area (Å²) in [5.74, 6) is -0.147. The number of hydrogen-bond donors (Lipinski definition) is 0. The Bertz CT molecular complexity index is 963. The first-order valence-electron chi connectivity index (χ1n) is 9.16. The van der Waals surface area contributed by atoms with Crippen molar-refractivity contribution in [2.45, 2.75) is 25.2 Å². The zero-order chi connectivity index (χ0) is 21.4. The second-order valence-electron chi connectivity index (χ2n) is 6.24. The summed E-state index contributed by atoms with van der Waals surface area (Å²) in [6.07, 6.45) is 1.92. The second-order valence-corrected chi connectivity index (χ2v) is 8.25. The molecule has 156 valence electrons. The number of carbonyl (C=O) groups excluding carboxylic acids is 2. The van der Waals surface area contributed by atoms with E-state index in [9.17, 15) is 18.0 Å². The average Bonchev–Trinajstić information content (AvgIpc) is 2.70. The Hall–Kier alpha value is -2.87. The topological polar surface area (TPSA) is 96.0 Å². The molecule has 2 aromatic carbocycles. The summed E-state index contributed by atoms with van der Waals surface area (Å²) >= 11 is 0. The van der Waals surface area contributed by atoms with E-state index in [1.807, 2.05) is 13.8 Å². The summed E-state index contributed by atoms with van der Waals surface area (Å²) < 4.78 is 39.1. The second kappa shape index (κ2) is 10.1. The minimum Gasteiger partial charge on any atom is -0.490 e. The lowest BCUT2D eigenvalue weighted by Crippen LogP contribution is -2.14. The first kappa shape index (κ1) is 22.4. The number of ketones is 1. The molecule has 0 N–H and O–H groups in total. The molecule has 0 spiro atoms. The molecule has 0 bridgehead atoms. The van der Waals surface area contributed by atoms with E-state index in [-0.39, 0.29) is 16.0 Å². The van der Waals surface area contributed by atoms with E-state index >= 15 is 0 Å². The molecule has 2 aromatic rings. The van der Waals surface area contributed by atoms with Crippen LogP contribution in [0.2, 0.25) is 0 Å². The van der Waals surface area contributed by atoms with E-state index < -0.39 is 28.2 Å². The Labute approximate surface area is 170 Å². The number of ether oxygens (including phenoxy) is 3. The summed E-state index contributed by atoms with van der Waals surface area (Å²) in [7, 11) is -3.34. The fraction of sp³-hybridized carbons (Fsp3) is 0.333. The molecule has 7 nitrogen and oxygen atoms in total. The lowest BCUT2D eigenvalue weighted by Gasteiger charge is -2.12. The highest BCUT2D eigenvalue weighted by molar-refractivity contribution is 7.90. The Morgan fingerprint density at radius 3 is 2.14 bits per heavy atom. The molecule has 0 atom stereocenters. The number of Topliss-reactive ketones (excluding diaryl/α,β-unsaturated/α-hetero) is 1. The molecule has 0 aromatic heterocycles. The molecule has 0 aliphatic rings. The summed E-state index contributed by atoms with van der Waals surface area (Å²) in [5, 5.41) is 0. The largest absolute Gasteiger partial charge is 0.490 e. The van der Waals surface area contributed by atoms with Crippen LogP contribution in [0.25, 0.3) is 0 Å². The highest BCUT2D eigenvalue weighted by Crippen LogP contribution is 2.29. The van der Waals surface area contributed by atoms with Crippen LogP contribution in [0.15, 0.2) is 47.4 Å². The van der Waals surface area contributed by atoms with Crippen molar-refractivity contribution in [2.75, 3.05) is 26.1 Å². The maximum Gasteiger partial charge on any atom is 0.338 e. The predicted molar refractivity (Wildman–Crippen MR) is 108 cm³/mol. The van der Waals surface area contributed by atoms with Gasteiger partial charge in [-0.15, -0.1) is 0 Å². The van der Waals surface area contributed by atoms with Gasteiger partial charge in [0.25, 0.3) is 0 Å². The van der Waals surface area contributed by atoms with Gasteiger partial charge in [-0.3, -0.25) is 4.79 Å². The van der Waals surface area contributed by atoms with Gasteiger partial charge in [0.1, 0.15) is 0 Å². The SMILES string of the molecule is CCCOc1ccc(C(=O)OCC(=O)c2ccc(S(C)(=O)=O)cc2)cc1OCC. The predicted octanol–water partition coefficient (Wildman–Crippen LogP) is 3.32. The molecule has 8 heteroatoms. The van der Waals surface area contributed by atoms with Gasteiger partial charge < -0.3 is 14.2 Å². The smallest absolute Gasteiger partial charge is 0.338 e. The van der Waals surface area contributed by atoms with Crippen molar-refractivity contribution in [1.82, 2.24) is 0 Å². The van der Waals surface area contributed by atoms with Gasteiger partial charge in [-0.1, -0.05) is 6.92 Å². The monoisotopic (exact) mass is 420 g/mol. The molecule has 0 aliphatic carbocycles. The van der Waals surface area contributed by atoms with Crippen molar-refractivity contribution < 1.29 is 32.2 Å². The van der Waals surface area contributed by atoms with Crippen molar-refractivity contribution in [3.05, 3.63) is 53.6 Å². The number of esters is 1. The summed E-state index contributed by atoms with van der Waals surface area (Å²) in [4.78, 5) is 24.6. The van der Waals surface area contributed by atoms with Crippen LogP contribution in [-0.4, -0.2) is 46.2 Å². The summed E-state index contributed by atoms with van der Waals surface area (Å²) in [6, 6.07) is 10.1. The van der Waals surface area contributed by atoms with E-state index in [2.05, 4.69) is 0 Å². The van der Waals surface area contributed by atoms with Gasteiger partial charge in [0.2, 0.25) is 0 Å². The Morgan fingerprint density at radius 1 is 0.897 bits per heavy atom. The van der Waals surface area contributed by atoms with E-state index in [4.69, 9.17) is 14.2 Å². The molecule has 0 saturated heterocycles. The third-order valence-corrected chi connectivity index (χ3v) is 5.01. The highest BCUT2D eigenvalue weighted by atomic mass is 32.2. The molecule has 0 unspecified atom stereocenters. The molecule has 0 saturated carbocycles. The minimum absolute atomic E-state index is 0.111. The zero-order valence-electron chi connectivity index (χ0n) is 16.6. The van der Waals surface area contributed by atoms with E-state index in [0.29, 0.717) is 24.7 Å². The summed E-state index contributed by atoms with van der Waals surface area (Å²) in [6.45, 7) is 4.27. The molecule has 0 fully saturated rings. The van der Waals surface area contributed by atoms with E-state index in [0.717, 1.165) is 12.7 Å². The van der Waals surface area contributed by atoms with Crippen LogP contribution < -0.4 is 9.47 Å². The van der Waals surface area contributed by atoms with Crippen LogP contribution in [-0.2, 0) is 14.6 Å². The number of rotatable bonds is 10. The number of hydrogen-bond acceptors (Lipinski definition) is 7. The molecule has 2 rings (SSSR count). The molecular formula is C21H24O7S. The molecule has 29 heavy (non-hydrogen) atoms.